The van der Waals surface area contributed by atoms with Gasteiger partial charge in [-0.3, -0.25) is 4.79 Å². The fourth-order valence-electron chi connectivity index (χ4n) is 1.45. The Balaban J connectivity index is 2.41. The number of hydrogen-bond acceptors (Lipinski definition) is 2. The molecule has 0 radical (unpaired) electrons. The van der Waals surface area contributed by atoms with Gasteiger partial charge in [0.1, 0.15) is 5.82 Å². The van der Waals surface area contributed by atoms with Crippen LogP contribution in [0.4, 0.5) is 4.39 Å². The van der Waals surface area contributed by atoms with Crippen LogP contribution in [0.2, 0.25) is 5.22 Å². The number of halogens is 2. The number of carbonyl (C=O) groups excluding carboxylic acids is 1. The van der Waals surface area contributed by atoms with Gasteiger partial charge in [0.2, 0.25) is 5.78 Å². The molecule has 16 heavy (non-hydrogen) atoms. The molecule has 1 aromatic carbocycles. The first-order valence-corrected chi connectivity index (χ1v) is 5.02. The number of carbonyl (C=O) groups is 1. The molecule has 2 nitrogen and oxygen atoms in total. The molecule has 0 amide bonds. The predicted octanol–water partition coefficient (Wildman–Crippen LogP) is 3.61. The molecule has 82 valence electrons. The van der Waals surface area contributed by atoms with E-state index in [0.29, 0.717) is 11.1 Å². The van der Waals surface area contributed by atoms with Gasteiger partial charge in [-0.15, -0.1) is 0 Å². The number of hydrogen-bond donors (Lipinski definition) is 0. The summed E-state index contributed by atoms with van der Waals surface area (Å²) in [4.78, 5) is 11.9. The van der Waals surface area contributed by atoms with Gasteiger partial charge in [-0.2, -0.15) is 0 Å². The smallest absolute Gasteiger partial charge is 0.228 e. The van der Waals surface area contributed by atoms with E-state index >= 15 is 0 Å². The number of benzene rings is 1. The second-order valence-corrected chi connectivity index (χ2v) is 3.76. The minimum Gasteiger partial charge on any atom is -0.441 e. The molecule has 0 aliphatic rings. The third-order valence-electron chi connectivity index (χ3n) is 2.23. The van der Waals surface area contributed by atoms with Crippen LogP contribution in [0.1, 0.15) is 21.7 Å². The zero-order valence-corrected chi connectivity index (χ0v) is 9.22. The second-order valence-electron chi connectivity index (χ2n) is 3.39. The van der Waals surface area contributed by atoms with Crippen LogP contribution in [-0.4, -0.2) is 5.78 Å². The Hall–Kier alpha value is -1.61. The lowest BCUT2D eigenvalue weighted by molar-refractivity contribution is 0.101. The third kappa shape index (κ3) is 1.99. The summed E-state index contributed by atoms with van der Waals surface area (Å²) in [5, 5.41) is 0.156. The first-order valence-electron chi connectivity index (χ1n) is 4.64. The van der Waals surface area contributed by atoms with E-state index in [1.54, 1.807) is 6.92 Å². The van der Waals surface area contributed by atoms with E-state index in [2.05, 4.69) is 0 Å². The lowest BCUT2D eigenvalue weighted by Gasteiger charge is -2.02. The van der Waals surface area contributed by atoms with Crippen LogP contribution in [0.5, 0.6) is 0 Å². The Kier molecular flexibility index (Phi) is 2.79. The van der Waals surface area contributed by atoms with E-state index < -0.39 is 0 Å². The highest BCUT2D eigenvalue weighted by Gasteiger charge is 2.15. The molecule has 0 saturated carbocycles. The molecular formula is C12H8ClFO2. The van der Waals surface area contributed by atoms with E-state index in [9.17, 15) is 9.18 Å². The molecule has 1 aromatic heterocycles. The summed E-state index contributed by atoms with van der Waals surface area (Å²) >= 11 is 5.58. The molecule has 2 aromatic rings. The lowest BCUT2D eigenvalue weighted by Crippen LogP contribution is -2.02. The zero-order valence-electron chi connectivity index (χ0n) is 8.46. The predicted molar refractivity (Wildman–Crippen MR) is 58.3 cm³/mol. The summed E-state index contributed by atoms with van der Waals surface area (Å²) in [7, 11) is 0. The van der Waals surface area contributed by atoms with Gasteiger partial charge in [-0.1, -0.05) is 0 Å². The quantitative estimate of drug-likeness (QED) is 0.748. The van der Waals surface area contributed by atoms with Gasteiger partial charge in [0, 0.05) is 5.56 Å². The Morgan fingerprint density at radius 3 is 2.62 bits per heavy atom. The Labute approximate surface area is 96.6 Å². The summed E-state index contributed by atoms with van der Waals surface area (Å²) in [5.74, 6) is -0.518. The van der Waals surface area contributed by atoms with Crippen molar-refractivity contribution in [2.24, 2.45) is 0 Å². The maximum Gasteiger partial charge on any atom is 0.228 e. The number of furan rings is 1. The van der Waals surface area contributed by atoms with Gasteiger partial charge >= 0.3 is 0 Å². The van der Waals surface area contributed by atoms with Crippen LogP contribution < -0.4 is 0 Å². The number of aryl methyl sites for hydroxylation is 1. The van der Waals surface area contributed by atoms with Crippen molar-refractivity contribution >= 4 is 17.4 Å². The summed E-state index contributed by atoms with van der Waals surface area (Å²) in [6, 6.07) is 6.97. The highest BCUT2D eigenvalue weighted by molar-refractivity contribution is 6.29. The molecule has 0 bridgehead atoms. The fraction of sp³-hybridized carbons (Fsp3) is 0.0833. The van der Waals surface area contributed by atoms with Crippen molar-refractivity contribution in [3.63, 3.8) is 0 Å². The van der Waals surface area contributed by atoms with Crippen molar-refractivity contribution < 1.29 is 13.6 Å². The van der Waals surface area contributed by atoms with Crippen LogP contribution in [0.25, 0.3) is 0 Å². The summed E-state index contributed by atoms with van der Waals surface area (Å²) in [5.41, 5.74) is 0.977. The van der Waals surface area contributed by atoms with Gasteiger partial charge in [-0.05, 0) is 54.4 Å². The van der Waals surface area contributed by atoms with Gasteiger partial charge in [0.05, 0.1) is 0 Å². The average Bonchev–Trinajstić information content (AvgIpc) is 2.64. The summed E-state index contributed by atoms with van der Waals surface area (Å²) in [6.45, 7) is 1.67. The van der Waals surface area contributed by atoms with Crippen LogP contribution in [-0.2, 0) is 0 Å². The maximum atomic E-state index is 12.9. The number of rotatable bonds is 2. The van der Waals surface area contributed by atoms with E-state index in [1.807, 2.05) is 0 Å². The molecule has 4 heteroatoms. The Morgan fingerprint density at radius 1 is 1.31 bits per heavy atom. The van der Waals surface area contributed by atoms with Crippen molar-refractivity contribution in [3.8, 4) is 0 Å². The molecule has 0 saturated heterocycles. The normalized spacial score (nSPS) is 10.4. The second kappa shape index (κ2) is 4.10. The highest BCUT2D eigenvalue weighted by Crippen LogP contribution is 2.19. The molecule has 0 fully saturated rings. The standard InChI is InChI=1S/C12H8ClFO2/c1-7-6-8(14)2-3-9(7)12(15)10-4-5-11(13)16-10/h2-6H,1H3. The van der Waals surface area contributed by atoms with Gasteiger partial charge in [0.25, 0.3) is 0 Å². The zero-order chi connectivity index (χ0) is 11.7. The van der Waals surface area contributed by atoms with E-state index in [-0.39, 0.29) is 22.6 Å². The minimum absolute atomic E-state index is 0.153. The third-order valence-corrected chi connectivity index (χ3v) is 2.43. The van der Waals surface area contributed by atoms with Crippen molar-refractivity contribution in [2.45, 2.75) is 6.92 Å². The molecule has 0 unspecified atom stereocenters. The van der Waals surface area contributed by atoms with E-state index in [1.165, 1.54) is 30.3 Å². The molecule has 0 aliphatic heterocycles. The molecule has 2 rings (SSSR count). The topological polar surface area (TPSA) is 30.2 Å². The van der Waals surface area contributed by atoms with Crippen LogP contribution in [0.15, 0.2) is 34.7 Å². The largest absolute Gasteiger partial charge is 0.441 e. The summed E-state index contributed by atoms with van der Waals surface area (Å²) < 4.78 is 17.9. The fourth-order valence-corrected chi connectivity index (χ4v) is 1.60. The van der Waals surface area contributed by atoms with E-state index in [4.69, 9.17) is 16.0 Å². The van der Waals surface area contributed by atoms with Crippen LogP contribution in [0, 0.1) is 12.7 Å². The minimum atomic E-state index is -0.369. The van der Waals surface area contributed by atoms with Gasteiger partial charge < -0.3 is 4.42 Å². The molecule has 0 N–H and O–H groups in total. The Morgan fingerprint density at radius 2 is 2.06 bits per heavy atom. The molecule has 0 atom stereocenters. The van der Waals surface area contributed by atoms with Crippen LogP contribution in [0.3, 0.4) is 0 Å². The first kappa shape index (κ1) is 10.9. The number of ketones is 1. The van der Waals surface area contributed by atoms with Crippen LogP contribution >= 0.6 is 11.6 Å². The first-order chi connectivity index (χ1) is 7.58. The lowest BCUT2D eigenvalue weighted by atomic mass is 10.0. The van der Waals surface area contributed by atoms with Crippen molar-refractivity contribution in [1.29, 1.82) is 0 Å². The van der Waals surface area contributed by atoms with Gasteiger partial charge in [0.15, 0.2) is 11.0 Å². The molecule has 0 aliphatic carbocycles. The van der Waals surface area contributed by atoms with Crippen molar-refractivity contribution in [1.82, 2.24) is 0 Å². The molecular weight excluding hydrogens is 231 g/mol. The maximum absolute atomic E-state index is 12.9. The van der Waals surface area contributed by atoms with E-state index in [0.717, 1.165) is 0 Å². The SMILES string of the molecule is Cc1cc(F)ccc1C(=O)c1ccc(Cl)o1. The average molecular weight is 239 g/mol. The monoisotopic (exact) mass is 238 g/mol. The van der Waals surface area contributed by atoms with Crippen molar-refractivity contribution in [2.75, 3.05) is 0 Å². The molecule has 1 heterocycles. The Bertz CT molecular complexity index is 546. The van der Waals surface area contributed by atoms with Crippen molar-refractivity contribution in [3.05, 3.63) is 58.3 Å². The molecule has 0 spiro atoms. The highest BCUT2D eigenvalue weighted by atomic mass is 35.5. The summed E-state index contributed by atoms with van der Waals surface area (Å²) in [6.07, 6.45) is 0. The van der Waals surface area contributed by atoms with Gasteiger partial charge in [-0.25, -0.2) is 4.39 Å².